The van der Waals surface area contributed by atoms with Crippen LogP contribution in [-0.4, -0.2) is 12.1 Å². The van der Waals surface area contributed by atoms with Crippen LogP contribution in [0.2, 0.25) is 0 Å². The monoisotopic (exact) mass is 432 g/mol. The molecule has 3 aliphatic rings. The van der Waals surface area contributed by atoms with Gasteiger partial charge in [0.25, 0.3) is 0 Å². The topological polar surface area (TPSA) is 26.3 Å². The molecule has 0 N–H and O–H groups in total. The zero-order chi connectivity index (χ0) is 21.9. The third-order valence-electron chi connectivity index (χ3n) is 9.10. The minimum atomic E-state index is 0.0798. The van der Waals surface area contributed by atoms with Gasteiger partial charge >= 0.3 is 5.97 Å². The number of carbonyl (C=O) groups excluding carboxylic acids is 1. The number of hydrogen-bond acceptors (Lipinski definition) is 2. The first-order valence-electron chi connectivity index (χ1n) is 14.4. The van der Waals surface area contributed by atoms with Crippen LogP contribution in [0.15, 0.2) is 0 Å². The number of rotatable bonds is 13. The molecule has 31 heavy (non-hydrogen) atoms. The third-order valence-corrected chi connectivity index (χ3v) is 9.10. The van der Waals surface area contributed by atoms with Crippen molar-refractivity contribution < 1.29 is 9.53 Å². The van der Waals surface area contributed by atoms with E-state index < -0.39 is 0 Å². The van der Waals surface area contributed by atoms with Gasteiger partial charge in [0.1, 0.15) is 6.10 Å². The molecular formula is C29H52O2. The van der Waals surface area contributed by atoms with Gasteiger partial charge in [-0.05, 0) is 81.0 Å². The molecule has 2 nitrogen and oxygen atoms in total. The fourth-order valence-corrected chi connectivity index (χ4v) is 7.37. The number of carbonyl (C=O) groups is 1. The summed E-state index contributed by atoms with van der Waals surface area (Å²) in [6, 6.07) is 0. The van der Waals surface area contributed by atoms with Gasteiger partial charge < -0.3 is 4.74 Å². The number of esters is 1. The predicted octanol–water partition coefficient (Wildman–Crippen LogP) is 8.86. The van der Waals surface area contributed by atoms with Crippen molar-refractivity contribution in [2.45, 2.75) is 148 Å². The number of unbranched alkanes of at least 4 members (excludes halogenated alkanes) is 8. The molecule has 0 spiro atoms. The molecule has 180 valence electrons. The Morgan fingerprint density at radius 1 is 0.677 bits per heavy atom. The van der Waals surface area contributed by atoms with Crippen molar-refractivity contribution in [2.75, 3.05) is 0 Å². The van der Waals surface area contributed by atoms with E-state index in [4.69, 9.17) is 4.74 Å². The van der Waals surface area contributed by atoms with Crippen molar-refractivity contribution in [2.24, 2.45) is 29.6 Å². The Hall–Kier alpha value is -0.530. The molecular weight excluding hydrogens is 380 g/mol. The summed E-state index contributed by atoms with van der Waals surface area (Å²) in [7, 11) is 0. The van der Waals surface area contributed by atoms with Crippen molar-refractivity contribution in [3.8, 4) is 0 Å². The molecule has 2 heteroatoms. The molecule has 0 radical (unpaired) electrons. The van der Waals surface area contributed by atoms with E-state index in [0.717, 1.165) is 48.9 Å². The summed E-state index contributed by atoms with van der Waals surface area (Å²) in [6.07, 6.45) is 26.4. The summed E-state index contributed by atoms with van der Waals surface area (Å²) in [4.78, 5) is 12.3. The highest BCUT2D eigenvalue weighted by Crippen LogP contribution is 2.53. The smallest absolute Gasteiger partial charge is 0.306 e. The van der Waals surface area contributed by atoms with Gasteiger partial charge in [-0.15, -0.1) is 0 Å². The van der Waals surface area contributed by atoms with Crippen LogP contribution in [-0.2, 0) is 9.53 Å². The summed E-state index contributed by atoms with van der Waals surface area (Å²) in [6.45, 7) is 4.56. The van der Waals surface area contributed by atoms with Crippen molar-refractivity contribution in [3.05, 3.63) is 0 Å². The van der Waals surface area contributed by atoms with Crippen LogP contribution in [0.4, 0.5) is 0 Å². The zero-order valence-corrected chi connectivity index (χ0v) is 20.9. The van der Waals surface area contributed by atoms with Crippen molar-refractivity contribution >= 4 is 5.97 Å². The van der Waals surface area contributed by atoms with Crippen LogP contribution >= 0.6 is 0 Å². The van der Waals surface area contributed by atoms with Gasteiger partial charge in [-0.25, -0.2) is 0 Å². The highest BCUT2D eigenvalue weighted by molar-refractivity contribution is 5.69. The molecule has 0 aromatic heterocycles. The van der Waals surface area contributed by atoms with Crippen LogP contribution in [0.25, 0.3) is 0 Å². The Labute approximate surface area is 193 Å². The molecule has 6 atom stereocenters. The lowest BCUT2D eigenvalue weighted by Gasteiger charge is -2.50. The minimum absolute atomic E-state index is 0.0798. The maximum Gasteiger partial charge on any atom is 0.306 e. The van der Waals surface area contributed by atoms with Gasteiger partial charge in [0.05, 0.1) is 0 Å². The van der Waals surface area contributed by atoms with Crippen LogP contribution < -0.4 is 0 Å². The second kappa shape index (κ2) is 13.9. The van der Waals surface area contributed by atoms with E-state index in [-0.39, 0.29) is 12.1 Å². The van der Waals surface area contributed by atoms with Gasteiger partial charge in [0.2, 0.25) is 0 Å². The quantitative estimate of drug-likeness (QED) is 0.214. The summed E-state index contributed by atoms with van der Waals surface area (Å²) in [5.41, 5.74) is 0. The Morgan fingerprint density at radius 3 is 2.03 bits per heavy atom. The van der Waals surface area contributed by atoms with Gasteiger partial charge in [0, 0.05) is 6.42 Å². The molecule has 0 aromatic carbocycles. The number of hydrogen-bond donors (Lipinski definition) is 0. The second-order valence-electron chi connectivity index (χ2n) is 11.4. The lowest BCUT2D eigenvalue weighted by Crippen LogP contribution is -2.43. The van der Waals surface area contributed by atoms with E-state index in [2.05, 4.69) is 13.8 Å². The Morgan fingerprint density at radius 2 is 1.29 bits per heavy atom. The molecule has 0 bridgehead atoms. The zero-order valence-electron chi connectivity index (χ0n) is 20.9. The fraction of sp³-hybridized carbons (Fsp3) is 0.966. The van der Waals surface area contributed by atoms with Crippen molar-refractivity contribution in [3.63, 3.8) is 0 Å². The molecule has 3 saturated carbocycles. The normalized spacial score (nSPS) is 32.8. The molecule has 0 amide bonds. The predicted molar refractivity (Wildman–Crippen MR) is 131 cm³/mol. The van der Waals surface area contributed by atoms with Gasteiger partial charge in [-0.2, -0.15) is 0 Å². The molecule has 0 heterocycles. The van der Waals surface area contributed by atoms with Crippen LogP contribution in [0.5, 0.6) is 0 Å². The fourth-order valence-electron chi connectivity index (χ4n) is 7.37. The lowest BCUT2D eigenvalue weighted by molar-refractivity contribution is -0.153. The maximum atomic E-state index is 12.3. The van der Waals surface area contributed by atoms with Crippen LogP contribution in [0.3, 0.4) is 0 Å². The number of ether oxygens (including phenoxy) is 1. The Kier molecular flexibility index (Phi) is 11.2. The summed E-state index contributed by atoms with van der Waals surface area (Å²) in [5, 5.41) is 0. The first kappa shape index (κ1) is 25.1. The van der Waals surface area contributed by atoms with E-state index in [9.17, 15) is 4.79 Å². The highest BCUT2D eigenvalue weighted by Gasteiger charge is 2.44. The largest absolute Gasteiger partial charge is 0.462 e. The lowest BCUT2D eigenvalue weighted by atomic mass is 9.56. The van der Waals surface area contributed by atoms with Crippen LogP contribution in [0, 0.1) is 29.6 Å². The Balaban J connectivity index is 1.33. The third kappa shape index (κ3) is 8.08. The maximum absolute atomic E-state index is 12.3. The van der Waals surface area contributed by atoms with E-state index in [0.29, 0.717) is 6.42 Å². The van der Waals surface area contributed by atoms with E-state index in [1.165, 1.54) is 103 Å². The molecule has 0 aromatic rings. The molecule has 4 unspecified atom stereocenters. The summed E-state index contributed by atoms with van der Waals surface area (Å²) in [5.74, 6) is 4.88. The average Bonchev–Trinajstić information content (AvgIpc) is 2.78. The molecule has 0 saturated heterocycles. The van der Waals surface area contributed by atoms with Gasteiger partial charge in [-0.1, -0.05) is 84.5 Å². The van der Waals surface area contributed by atoms with Gasteiger partial charge in [0.15, 0.2) is 0 Å². The van der Waals surface area contributed by atoms with Crippen LogP contribution in [0.1, 0.15) is 142 Å². The minimum Gasteiger partial charge on any atom is -0.462 e. The van der Waals surface area contributed by atoms with Crippen molar-refractivity contribution in [1.82, 2.24) is 0 Å². The first-order chi connectivity index (χ1) is 15.2. The van der Waals surface area contributed by atoms with E-state index in [1.807, 2.05) is 0 Å². The van der Waals surface area contributed by atoms with E-state index in [1.54, 1.807) is 0 Å². The van der Waals surface area contributed by atoms with Crippen molar-refractivity contribution in [1.29, 1.82) is 0 Å². The van der Waals surface area contributed by atoms with Gasteiger partial charge in [-0.3, -0.25) is 4.79 Å². The summed E-state index contributed by atoms with van der Waals surface area (Å²) < 4.78 is 5.95. The standard InChI is InChI=1S/C29H52O2/c1-3-5-7-9-10-12-14-29(30)31-26-18-20-28-25(22-26)17-16-24-21-23(15-19-27(24)28)13-11-8-6-4-2/h23-28H,3-22H2,1-2H3/t23-,24?,25?,26-,27?,28?/m0/s1. The van der Waals surface area contributed by atoms with E-state index >= 15 is 0 Å². The molecule has 0 aliphatic heterocycles. The summed E-state index contributed by atoms with van der Waals surface area (Å²) >= 11 is 0. The molecule has 3 rings (SSSR count). The second-order valence-corrected chi connectivity index (χ2v) is 11.4. The number of fused-ring (bicyclic) bond motifs is 3. The average molecular weight is 433 g/mol. The SMILES string of the molecule is CCCCCCCCC(=O)O[C@H]1CCC2C(CCC3C[C@@H](CCCCCC)CCC32)C1. The Bertz CT molecular complexity index is 501. The molecule has 3 aliphatic carbocycles. The highest BCUT2D eigenvalue weighted by atomic mass is 16.5. The first-order valence-corrected chi connectivity index (χ1v) is 14.4. The molecule has 3 fully saturated rings.